The number of fused-ring (bicyclic) bond motifs is 3. The summed E-state index contributed by atoms with van der Waals surface area (Å²) in [7, 11) is 2.12. The molecule has 1 aliphatic rings. The van der Waals surface area contributed by atoms with Crippen molar-refractivity contribution in [3.05, 3.63) is 64.6 Å². The van der Waals surface area contributed by atoms with Gasteiger partial charge in [-0.05, 0) is 56.9 Å². The van der Waals surface area contributed by atoms with E-state index in [1.807, 2.05) is 13.1 Å². The third-order valence-corrected chi connectivity index (χ3v) is 17.0. The predicted octanol–water partition coefficient (Wildman–Crippen LogP) is 19.6. The molecule has 0 fully saturated rings. The Morgan fingerprint density at radius 3 is 1.46 bits per heavy atom. The summed E-state index contributed by atoms with van der Waals surface area (Å²) >= 11 is 0. The zero-order valence-corrected chi connectivity index (χ0v) is 52.2. The van der Waals surface area contributed by atoms with Gasteiger partial charge in [0.05, 0.1) is 13.6 Å². The minimum Gasteiger partial charge on any atom is -0.462 e. The molecular formula is C70H118N3O7+. The van der Waals surface area contributed by atoms with Crippen molar-refractivity contribution in [3.63, 3.8) is 0 Å². The van der Waals surface area contributed by atoms with Gasteiger partial charge >= 0.3 is 18.1 Å². The maximum atomic E-state index is 13.3. The van der Waals surface area contributed by atoms with E-state index < -0.39 is 12.3 Å². The average molecular weight is 1110 g/mol. The Labute approximate surface area is 489 Å². The van der Waals surface area contributed by atoms with Gasteiger partial charge in [-0.25, -0.2) is 4.79 Å². The first kappa shape index (κ1) is 68.6. The molecule has 2 atom stereocenters. The van der Waals surface area contributed by atoms with E-state index in [2.05, 4.69) is 67.7 Å². The van der Waals surface area contributed by atoms with Crippen LogP contribution in [0.25, 0.3) is 10.9 Å². The molecule has 0 N–H and O–H groups in total. The van der Waals surface area contributed by atoms with E-state index in [9.17, 15) is 14.4 Å². The summed E-state index contributed by atoms with van der Waals surface area (Å²) in [6, 6.07) is 10.9. The van der Waals surface area contributed by atoms with Gasteiger partial charge in [0.1, 0.15) is 19.8 Å². The van der Waals surface area contributed by atoms with Crippen molar-refractivity contribution in [2.45, 2.75) is 317 Å². The average Bonchev–Trinajstić information content (AvgIpc) is 3.97. The number of hydrogen-bond donors (Lipinski definition) is 0. The van der Waals surface area contributed by atoms with Crippen molar-refractivity contribution in [2.24, 2.45) is 0 Å². The molecule has 454 valence electrons. The second kappa shape index (κ2) is 43.7. The van der Waals surface area contributed by atoms with Crippen LogP contribution < -0.4 is 0 Å². The van der Waals surface area contributed by atoms with Crippen molar-refractivity contribution < 1.29 is 37.8 Å². The van der Waals surface area contributed by atoms with Gasteiger partial charge in [-0.3, -0.25) is 19.1 Å². The second-order valence-electron chi connectivity index (χ2n) is 24.8. The fourth-order valence-corrected chi connectivity index (χ4v) is 11.9. The predicted molar refractivity (Wildman–Crippen MR) is 332 cm³/mol. The summed E-state index contributed by atoms with van der Waals surface area (Å²) in [6.45, 7) is 10.9. The fraction of sp³-hybridized carbons (Fsp3) is 0.771. The molecule has 10 heteroatoms. The number of nitrogens with zero attached hydrogens (tertiary/aromatic N) is 3. The third kappa shape index (κ3) is 30.9. The first-order chi connectivity index (χ1) is 39.1. The van der Waals surface area contributed by atoms with Crippen molar-refractivity contribution >= 4 is 29.0 Å². The highest BCUT2D eigenvalue weighted by molar-refractivity contribution is 5.86. The summed E-state index contributed by atoms with van der Waals surface area (Å²) in [5, 5.41) is 1.25. The number of hydrogen-bond acceptors (Lipinski definition) is 8. The van der Waals surface area contributed by atoms with Crippen LogP contribution in [0.2, 0.25) is 0 Å². The summed E-state index contributed by atoms with van der Waals surface area (Å²) in [4.78, 5) is 43.9. The molecule has 10 nitrogen and oxygen atoms in total. The van der Waals surface area contributed by atoms with Gasteiger partial charge in [-0.15, -0.1) is 0 Å². The number of pyridine rings is 1. The number of benzene rings is 1. The first-order valence-corrected chi connectivity index (χ1v) is 33.6. The van der Waals surface area contributed by atoms with E-state index in [1.54, 1.807) is 0 Å². The van der Waals surface area contributed by atoms with Gasteiger partial charge in [-0.1, -0.05) is 263 Å². The van der Waals surface area contributed by atoms with Crippen LogP contribution in [-0.2, 0) is 54.5 Å². The molecule has 2 unspecified atom stereocenters. The molecule has 0 amide bonds. The minimum atomic E-state index is -0.906. The number of carbonyl (C=O) groups excluding carboxylic acids is 3. The Balaban J connectivity index is 1.13. The number of rotatable bonds is 50. The lowest BCUT2D eigenvalue weighted by molar-refractivity contribution is -0.940. The highest BCUT2D eigenvalue weighted by Crippen LogP contribution is 2.34. The van der Waals surface area contributed by atoms with Crippen molar-refractivity contribution in [1.29, 1.82) is 0 Å². The Bertz CT molecular complexity index is 2070. The Hall–Kier alpha value is -3.92. The van der Waals surface area contributed by atoms with Crippen LogP contribution in [0, 0.1) is 13.8 Å². The summed E-state index contributed by atoms with van der Waals surface area (Å²) in [5.41, 5.74) is 7.34. The maximum Gasteiger partial charge on any atom is 0.512 e. The number of likely N-dealkylation sites (N-methyl/N-ethyl adjacent to an activating group) is 1. The molecule has 0 saturated heterocycles. The molecule has 2 aromatic heterocycles. The quantitative estimate of drug-likeness (QED) is 0.0238. The SMILES string of the molecule is CCCCCCCCCCCCCCCCCCCCCC(=O)OCC(COC(=O)OC[N+]1(C)CCc2c(c3cc(C)ccc3n2CCc2ccc(C)nc2)C1)OC(=O)CCCCCCCCCCCCCCCCCCCCC. The van der Waals surface area contributed by atoms with Gasteiger partial charge in [0.15, 0.2) is 6.10 Å². The molecule has 1 aromatic carbocycles. The number of carbonyl (C=O) groups is 3. The molecule has 1 aliphatic heterocycles. The van der Waals surface area contributed by atoms with E-state index >= 15 is 0 Å². The Morgan fingerprint density at radius 1 is 0.550 bits per heavy atom. The van der Waals surface area contributed by atoms with Crippen molar-refractivity contribution in [3.8, 4) is 0 Å². The molecule has 0 bridgehead atoms. The standard InChI is InChI=1S/C70H118N3O7/c1-6-8-10-12-14-16-18-20-22-24-26-28-30-32-34-36-38-40-42-44-68(74)77-57-63(80-69(75)45-43-41-39-37-35-33-31-29-27-25-23-21-19-17-15-13-11-9-7-2)58-78-70(76)79-59-73(5)53-51-67-65(56-73)64-54-60(3)46-49-66(64)72(67)52-50-62-48-47-61(4)71-55-62/h46-49,54-55,63H,6-45,50-53,56-59H2,1-5H3/q+1. The van der Waals surface area contributed by atoms with Gasteiger partial charge < -0.3 is 23.5 Å². The molecule has 80 heavy (non-hydrogen) atoms. The Kier molecular flexibility index (Phi) is 37.5. The molecule has 0 saturated carbocycles. The lowest BCUT2D eigenvalue weighted by Gasteiger charge is -2.37. The lowest BCUT2D eigenvalue weighted by atomic mass is 10.0. The number of aryl methyl sites for hydroxylation is 4. The number of unbranched alkanes of at least 4 members (excludes halogenated alkanes) is 36. The smallest absolute Gasteiger partial charge is 0.462 e. The normalized spacial score (nSPS) is 14.6. The van der Waals surface area contributed by atoms with E-state index in [4.69, 9.17) is 18.9 Å². The monoisotopic (exact) mass is 1110 g/mol. The lowest BCUT2D eigenvalue weighted by Crippen LogP contribution is -2.49. The van der Waals surface area contributed by atoms with Crippen LogP contribution in [0.4, 0.5) is 4.79 Å². The maximum absolute atomic E-state index is 13.3. The van der Waals surface area contributed by atoms with Crippen molar-refractivity contribution in [1.82, 2.24) is 9.55 Å². The van der Waals surface area contributed by atoms with Gasteiger partial charge in [0.25, 0.3) is 0 Å². The topological polar surface area (TPSA) is 106 Å². The van der Waals surface area contributed by atoms with Crippen LogP contribution in [-0.4, -0.2) is 71.8 Å². The van der Waals surface area contributed by atoms with E-state index in [1.165, 1.54) is 239 Å². The number of ether oxygens (including phenoxy) is 4. The Morgan fingerprint density at radius 2 is 1.00 bits per heavy atom. The van der Waals surface area contributed by atoms with Gasteiger partial charge in [0.2, 0.25) is 6.73 Å². The summed E-state index contributed by atoms with van der Waals surface area (Å²) in [5.74, 6) is -0.675. The van der Waals surface area contributed by atoms with Crippen LogP contribution in [0.3, 0.4) is 0 Å². The molecule has 0 aliphatic carbocycles. The molecule has 3 aromatic rings. The highest BCUT2D eigenvalue weighted by Gasteiger charge is 2.34. The zero-order chi connectivity index (χ0) is 57.1. The molecule has 0 radical (unpaired) electrons. The van der Waals surface area contributed by atoms with Gasteiger partial charge in [0, 0.05) is 59.9 Å². The summed E-state index contributed by atoms with van der Waals surface area (Å²) < 4.78 is 25.9. The third-order valence-electron chi connectivity index (χ3n) is 17.0. The number of aromatic nitrogens is 2. The molecular weight excluding hydrogens is 995 g/mol. The van der Waals surface area contributed by atoms with Crippen molar-refractivity contribution in [2.75, 3.05) is 33.5 Å². The highest BCUT2D eigenvalue weighted by atomic mass is 16.7. The van der Waals surface area contributed by atoms with E-state index in [0.29, 0.717) is 10.9 Å². The van der Waals surface area contributed by atoms with Crippen LogP contribution in [0.15, 0.2) is 36.5 Å². The first-order valence-electron chi connectivity index (χ1n) is 33.6. The second-order valence-corrected chi connectivity index (χ2v) is 24.8. The van der Waals surface area contributed by atoms with Crippen LogP contribution in [0.5, 0.6) is 0 Å². The van der Waals surface area contributed by atoms with E-state index in [0.717, 1.165) is 76.7 Å². The summed E-state index contributed by atoms with van der Waals surface area (Å²) in [6.07, 6.45) is 51.9. The minimum absolute atomic E-state index is 0.143. The zero-order valence-electron chi connectivity index (χ0n) is 52.2. The fourth-order valence-electron chi connectivity index (χ4n) is 11.9. The number of quaternary nitrogens is 1. The van der Waals surface area contributed by atoms with Crippen LogP contribution in [0.1, 0.15) is 299 Å². The molecule has 0 spiro atoms. The number of esters is 2. The van der Waals surface area contributed by atoms with E-state index in [-0.39, 0.29) is 38.3 Å². The largest absolute Gasteiger partial charge is 0.512 e. The van der Waals surface area contributed by atoms with Crippen LogP contribution >= 0.6 is 0 Å². The van der Waals surface area contributed by atoms with Gasteiger partial charge in [-0.2, -0.15) is 0 Å². The molecule has 3 heterocycles. The molecule has 4 rings (SSSR count).